The lowest BCUT2D eigenvalue weighted by molar-refractivity contribution is 0.152. The van der Waals surface area contributed by atoms with E-state index in [4.69, 9.17) is 5.11 Å². The van der Waals surface area contributed by atoms with Gasteiger partial charge in [-0.1, -0.05) is 13.8 Å². The van der Waals surface area contributed by atoms with E-state index in [1.807, 2.05) is 0 Å². The van der Waals surface area contributed by atoms with Gasteiger partial charge in [-0.2, -0.15) is 0 Å². The molecule has 0 aromatic rings. The third kappa shape index (κ3) is 4.43. The molecule has 0 aromatic carbocycles. The zero-order valence-electron chi connectivity index (χ0n) is 6.30. The molecular formula is C7H16NO. The fourth-order valence-electron chi connectivity index (χ4n) is 0.780. The predicted molar refractivity (Wildman–Crippen MR) is 39.2 cm³/mol. The third-order valence-electron chi connectivity index (χ3n) is 1.36. The molecule has 1 atom stereocenters. The van der Waals surface area contributed by atoms with Crippen LogP contribution in [0, 0.1) is 6.92 Å². The Labute approximate surface area is 57.5 Å². The van der Waals surface area contributed by atoms with Gasteiger partial charge in [-0.05, 0) is 20.0 Å². The van der Waals surface area contributed by atoms with Crippen LogP contribution in [0.3, 0.4) is 0 Å². The highest BCUT2D eigenvalue weighted by molar-refractivity contribution is 4.62. The minimum Gasteiger partial charge on any atom is -0.392 e. The summed E-state index contributed by atoms with van der Waals surface area (Å²) in [6.45, 7) is 10.3. The molecule has 0 fully saturated rings. The summed E-state index contributed by atoms with van der Waals surface area (Å²) in [5.74, 6) is 0. The predicted octanol–water partition coefficient (Wildman–Crippen LogP) is 0.523. The van der Waals surface area contributed by atoms with Crippen LogP contribution in [0.15, 0.2) is 0 Å². The van der Waals surface area contributed by atoms with Gasteiger partial charge in [-0.15, -0.1) is 0 Å². The lowest BCUT2D eigenvalue weighted by Gasteiger charge is -2.18. The summed E-state index contributed by atoms with van der Waals surface area (Å²) in [6, 6.07) is 0. The standard InChI is InChI=1S/C7H16NO/c1-4-8(5-2)6-7(3)9/h7,9H,3-6H2,1-2H3. The molecular weight excluding hydrogens is 114 g/mol. The van der Waals surface area contributed by atoms with Crippen LogP contribution in [0.1, 0.15) is 13.8 Å². The largest absolute Gasteiger partial charge is 0.392 e. The van der Waals surface area contributed by atoms with Crippen molar-refractivity contribution in [3.8, 4) is 0 Å². The molecule has 9 heavy (non-hydrogen) atoms. The zero-order valence-corrected chi connectivity index (χ0v) is 6.30. The Balaban J connectivity index is 3.31. The number of aliphatic hydroxyl groups is 1. The molecule has 0 aliphatic rings. The summed E-state index contributed by atoms with van der Waals surface area (Å²) in [7, 11) is 0. The number of rotatable bonds is 4. The van der Waals surface area contributed by atoms with Crippen LogP contribution in [0.2, 0.25) is 0 Å². The van der Waals surface area contributed by atoms with Crippen LogP contribution < -0.4 is 0 Å². The molecule has 2 nitrogen and oxygen atoms in total. The lowest BCUT2D eigenvalue weighted by Crippen LogP contribution is -2.30. The maximum atomic E-state index is 8.83. The third-order valence-corrected chi connectivity index (χ3v) is 1.36. The summed E-state index contributed by atoms with van der Waals surface area (Å²) in [6.07, 6.45) is -0.440. The Morgan fingerprint density at radius 1 is 1.44 bits per heavy atom. The van der Waals surface area contributed by atoms with Gasteiger partial charge in [0, 0.05) is 6.54 Å². The first-order valence-corrected chi connectivity index (χ1v) is 3.44. The molecule has 0 spiro atoms. The minimum absolute atomic E-state index is 0.440. The molecule has 0 saturated carbocycles. The van der Waals surface area contributed by atoms with Gasteiger partial charge in [0.05, 0.1) is 6.10 Å². The second-order valence-electron chi connectivity index (χ2n) is 2.14. The Hall–Kier alpha value is -0.0800. The molecule has 55 valence electrons. The molecule has 0 aliphatic carbocycles. The first-order chi connectivity index (χ1) is 4.20. The van der Waals surface area contributed by atoms with Crippen LogP contribution in [-0.4, -0.2) is 35.7 Å². The summed E-state index contributed by atoms with van der Waals surface area (Å²) in [4.78, 5) is 2.14. The van der Waals surface area contributed by atoms with Crippen LogP contribution in [-0.2, 0) is 0 Å². The Morgan fingerprint density at radius 2 is 1.89 bits per heavy atom. The molecule has 0 aliphatic heterocycles. The van der Waals surface area contributed by atoms with Crippen molar-refractivity contribution in [3.63, 3.8) is 0 Å². The van der Waals surface area contributed by atoms with Crippen molar-refractivity contribution in [2.45, 2.75) is 20.0 Å². The van der Waals surface area contributed by atoms with Crippen molar-refractivity contribution in [3.05, 3.63) is 6.92 Å². The van der Waals surface area contributed by atoms with Gasteiger partial charge in [0.1, 0.15) is 0 Å². The molecule has 2 heteroatoms. The average Bonchev–Trinajstić information content (AvgIpc) is 1.82. The molecule has 0 rings (SSSR count). The number of likely N-dealkylation sites (N-methyl/N-ethyl adjacent to an activating group) is 1. The van der Waals surface area contributed by atoms with E-state index >= 15 is 0 Å². The Kier molecular flexibility index (Phi) is 4.72. The van der Waals surface area contributed by atoms with Crippen molar-refractivity contribution in [2.75, 3.05) is 19.6 Å². The fraction of sp³-hybridized carbons (Fsp3) is 0.857. The van der Waals surface area contributed by atoms with Gasteiger partial charge in [-0.25, -0.2) is 0 Å². The molecule has 1 N–H and O–H groups in total. The topological polar surface area (TPSA) is 23.5 Å². The monoisotopic (exact) mass is 130 g/mol. The van der Waals surface area contributed by atoms with E-state index in [2.05, 4.69) is 25.7 Å². The Morgan fingerprint density at radius 3 is 2.00 bits per heavy atom. The van der Waals surface area contributed by atoms with Gasteiger partial charge in [0.15, 0.2) is 0 Å². The number of nitrogens with zero attached hydrogens (tertiary/aromatic N) is 1. The van der Waals surface area contributed by atoms with E-state index in [-0.39, 0.29) is 0 Å². The lowest BCUT2D eigenvalue weighted by atomic mass is 10.3. The highest BCUT2D eigenvalue weighted by atomic mass is 16.3. The number of aliphatic hydroxyl groups excluding tert-OH is 1. The van der Waals surface area contributed by atoms with E-state index in [1.54, 1.807) is 0 Å². The maximum absolute atomic E-state index is 8.83. The zero-order chi connectivity index (χ0) is 7.28. The van der Waals surface area contributed by atoms with Gasteiger partial charge in [-0.3, -0.25) is 0 Å². The first kappa shape index (κ1) is 8.92. The van der Waals surface area contributed by atoms with E-state index in [0.29, 0.717) is 6.54 Å². The van der Waals surface area contributed by atoms with E-state index in [1.165, 1.54) is 0 Å². The van der Waals surface area contributed by atoms with Gasteiger partial charge < -0.3 is 10.0 Å². The van der Waals surface area contributed by atoms with Crippen molar-refractivity contribution in [1.82, 2.24) is 4.90 Å². The summed E-state index contributed by atoms with van der Waals surface area (Å²) in [5, 5.41) is 8.83. The SMILES string of the molecule is [CH2]C(O)CN(CC)CC. The van der Waals surface area contributed by atoms with Crippen LogP contribution in [0.4, 0.5) is 0 Å². The van der Waals surface area contributed by atoms with Gasteiger partial charge >= 0.3 is 0 Å². The molecule has 0 aromatic heterocycles. The molecule has 0 amide bonds. The van der Waals surface area contributed by atoms with Crippen LogP contribution in [0.25, 0.3) is 0 Å². The average molecular weight is 130 g/mol. The van der Waals surface area contributed by atoms with Crippen molar-refractivity contribution < 1.29 is 5.11 Å². The number of hydrogen-bond acceptors (Lipinski definition) is 2. The minimum atomic E-state index is -0.440. The maximum Gasteiger partial charge on any atom is 0.0668 e. The summed E-state index contributed by atoms with van der Waals surface area (Å²) in [5.41, 5.74) is 0. The summed E-state index contributed by atoms with van der Waals surface area (Å²) >= 11 is 0. The fourth-order valence-corrected chi connectivity index (χ4v) is 0.780. The van der Waals surface area contributed by atoms with Gasteiger partial charge in [0.25, 0.3) is 0 Å². The van der Waals surface area contributed by atoms with E-state index in [9.17, 15) is 0 Å². The highest BCUT2D eigenvalue weighted by Gasteiger charge is 2.01. The highest BCUT2D eigenvalue weighted by Crippen LogP contribution is 1.88. The Bertz CT molecular complexity index is 59.9. The second kappa shape index (κ2) is 4.77. The molecule has 1 radical (unpaired) electrons. The van der Waals surface area contributed by atoms with Crippen LogP contribution >= 0.6 is 0 Å². The summed E-state index contributed by atoms with van der Waals surface area (Å²) < 4.78 is 0. The van der Waals surface area contributed by atoms with E-state index < -0.39 is 6.10 Å². The quantitative estimate of drug-likeness (QED) is 0.600. The molecule has 0 bridgehead atoms. The van der Waals surface area contributed by atoms with Crippen LogP contribution in [0.5, 0.6) is 0 Å². The first-order valence-electron chi connectivity index (χ1n) is 3.44. The second-order valence-corrected chi connectivity index (χ2v) is 2.14. The van der Waals surface area contributed by atoms with Crippen molar-refractivity contribution in [1.29, 1.82) is 0 Å². The smallest absolute Gasteiger partial charge is 0.0668 e. The molecule has 0 heterocycles. The molecule has 0 saturated heterocycles. The van der Waals surface area contributed by atoms with E-state index in [0.717, 1.165) is 13.1 Å². The van der Waals surface area contributed by atoms with Crippen molar-refractivity contribution in [2.24, 2.45) is 0 Å². The normalized spacial score (nSPS) is 14.3. The number of hydrogen-bond donors (Lipinski definition) is 1. The molecule has 1 unspecified atom stereocenters. The van der Waals surface area contributed by atoms with Gasteiger partial charge in [0.2, 0.25) is 0 Å². The van der Waals surface area contributed by atoms with Crippen molar-refractivity contribution >= 4 is 0 Å².